The molecule has 0 spiro atoms. The number of rotatable bonds is 9. The van der Waals surface area contributed by atoms with Crippen LogP contribution in [0.2, 0.25) is 0 Å². The van der Waals surface area contributed by atoms with Crippen molar-refractivity contribution in [3.05, 3.63) is 47.5 Å². The fraction of sp³-hybridized carbons (Fsp3) is 0.633. The first-order valence-electron chi connectivity index (χ1n) is 14.8. The van der Waals surface area contributed by atoms with E-state index in [2.05, 4.69) is 15.6 Å². The number of halogens is 1. The number of carbonyl (C=O) groups excluding carboxylic acids is 3. The van der Waals surface area contributed by atoms with Gasteiger partial charge in [-0.1, -0.05) is 38.1 Å². The van der Waals surface area contributed by atoms with E-state index in [1.54, 1.807) is 21.7 Å². The van der Waals surface area contributed by atoms with Gasteiger partial charge in [0.15, 0.2) is 0 Å². The molecule has 42 heavy (non-hydrogen) atoms. The quantitative estimate of drug-likeness (QED) is 0.459. The van der Waals surface area contributed by atoms with Crippen molar-refractivity contribution in [3.63, 3.8) is 0 Å². The zero-order valence-corrected chi connectivity index (χ0v) is 24.5. The van der Waals surface area contributed by atoms with Gasteiger partial charge in [0, 0.05) is 44.7 Å². The number of ether oxygens (including phenoxy) is 1. The van der Waals surface area contributed by atoms with Gasteiger partial charge >= 0.3 is 0 Å². The molecule has 0 radical (unpaired) electrons. The van der Waals surface area contributed by atoms with Crippen LogP contribution in [0, 0.1) is 17.2 Å². The highest BCUT2D eigenvalue weighted by Crippen LogP contribution is 2.40. The molecule has 5 rings (SSSR count). The Kier molecular flexibility index (Phi) is 8.93. The van der Waals surface area contributed by atoms with Crippen LogP contribution in [0.3, 0.4) is 0 Å². The van der Waals surface area contributed by atoms with E-state index in [1.807, 2.05) is 27.0 Å². The molecule has 3 fully saturated rings. The van der Waals surface area contributed by atoms with Crippen molar-refractivity contribution in [2.45, 2.75) is 70.6 Å². The molecule has 3 aliphatic rings. The number of aromatic nitrogens is 3. The molecule has 2 aromatic rings. The molecule has 0 bridgehead atoms. The number of likely N-dealkylation sites (tertiary alicyclic amines) is 1. The predicted octanol–water partition coefficient (Wildman–Crippen LogP) is 1.68. The summed E-state index contributed by atoms with van der Waals surface area (Å²) in [4.78, 5) is 44.2. The first kappa shape index (κ1) is 30.1. The number of carbonyl (C=O) groups is 3. The van der Waals surface area contributed by atoms with Gasteiger partial charge in [0.05, 0.1) is 30.9 Å². The molecule has 1 aromatic carbocycles. The minimum Gasteiger partial charge on any atom is -0.391 e. The lowest BCUT2D eigenvalue weighted by molar-refractivity contribution is -0.144. The number of nitrogens with one attached hydrogen (secondary N) is 1. The third-order valence-corrected chi connectivity index (χ3v) is 8.27. The molecule has 11 nitrogen and oxygen atoms in total. The number of amides is 3. The van der Waals surface area contributed by atoms with E-state index in [0.29, 0.717) is 37.8 Å². The van der Waals surface area contributed by atoms with Crippen molar-refractivity contribution in [2.75, 3.05) is 39.4 Å². The summed E-state index contributed by atoms with van der Waals surface area (Å²) in [5.74, 6) is -1.55. The molecule has 3 amide bonds. The van der Waals surface area contributed by atoms with Gasteiger partial charge in [-0.05, 0) is 42.4 Å². The SMILES string of the molecule is CC(C)(C)[C@@H](C(=O)N1C[C@H](O)C[C@H]1C(=O)NCC(Cc1cccc(F)c1)C(=O)N1CCOCC1)n1cc(C2CC2)nn1. The Hall–Kier alpha value is -3.38. The monoisotopic (exact) mass is 584 g/mol. The second-order valence-corrected chi connectivity index (χ2v) is 12.8. The highest BCUT2D eigenvalue weighted by molar-refractivity contribution is 5.90. The fourth-order valence-corrected chi connectivity index (χ4v) is 5.90. The van der Waals surface area contributed by atoms with Crippen molar-refractivity contribution in [1.82, 2.24) is 30.1 Å². The van der Waals surface area contributed by atoms with Crippen LogP contribution >= 0.6 is 0 Å². The van der Waals surface area contributed by atoms with E-state index >= 15 is 0 Å². The number of benzene rings is 1. The van der Waals surface area contributed by atoms with Crippen molar-refractivity contribution in [1.29, 1.82) is 0 Å². The largest absolute Gasteiger partial charge is 0.391 e. The summed E-state index contributed by atoms with van der Waals surface area (Å²) < 4.78 is 20.9. The van der Waals surface area contributed by atoms with Gasteiger partial charge in [-0.15, -0.1) is 5.10 Å². The Bertz CT molecular complexity index is 1280. The van der Waals surface area contributed by atoms with E-state index in [0.717, 1.165) is 18.5 Å². The number of hydrogen-bond acceptors (Lipinski definition) is 7. The lowest BCUT2D eigenvalue weighted by atomic mass is 9.85. The summed E-state index contributed by atoms with van der Waals surface area (Å²) >= 11 is 0. The topological polar surface area (TPSA) is 130 Å². The molecule has 4 atom stereocenters. The smallest absolute Gasteiger partial charge is 0.248 e. The highest BCUT2D eigenvalue weighted by Gasteiger charge is 2.45. The maximum absolute atomic E-state index is 14.0. The van der Waals surface area contributed by atoms with Crippen molar-refractivity contribution in [3.8, 4) is 0 Å². The molecule has 2 N–H and O–H groups in total. The Balaban J connectivity index is 1.31. The third-order valence-electron chi connectivity index (χ3n) is 8.27. The van der Waals surface area contributed by atoms with Crippen molar-refractivity contribution < 1.29 is 28.6 Å². The third kappa shape index (κ3) is 6.97. The molecule has 1 aromatic heterocycles. The minimum atomic E-state index is -0.905. The molecule has 3 heterocycles. The molecule has 228 valence electrons. The minimum absolute atomic E-state index is 0.0106. The van der Waals surface area contributed by atoms with E-state index in [-0.39, 0.29) is 37.7 Å². The van der Waals surface area contributed by atoms with Gasteiger partial charge < -0.3 is 25.0 Å². The Labute approximate surface area is 245 Å². The molecule has 2 aliphatic heterocycles. The summed E-state index contributed by atoms with van der Waals surface area (Å²) in [6.45, 7) is 7.60. The fourth-order valence-electron chi connectivity index (χ4n) is 5.90. The number of nitrogens with zero attached hydrogens (tertiary/aromatic N) is 5. The standard InChI is InChI=1S/C30H41FN6O5/c1-30(2,3)26(37-18-24(33-34-37)20-7-8-20)29(41)36-17-23(38)15-25(36)27(39)32-16-21(13-19-5-4-6-22(31)14-19)28(40)35-9-11-42-12-10-35/h4-6,14,18,20-21,23,25-26,38H,7-13,15-17H2,1-3H3,(H,32,39)/t21?,23-,25+,26-/m1/s1. The highest BCUT2D eigenvalue weighted by atomic mass is 19.1. The molecule has 1 saturated carbocycles. The van der Waals surface area contributed by atoms with Crippen LogP contribution in [0.5, 0.6) is 0 Å². The Morgan fingerprint density at radius 2 is 1.90 bits per heavy atom. The predicted molar refractivity (Wildman–Crippen MR) is 151 cm³/mol. The van der Waals surface area contributed by atoms with E-state index < -0.39 is 41.2 Å². The molecule has 1 unspecified atom stereocenters. The van der Waals surface area contributed by atoms with Crippen molar-refractivity contribution >= 4 is 17.7 Å². The molecule has 1 aliphatic carbocycles. The zero-order valence-electron chi connectivity index (χ0n) is 24.5. The molecule has 12 heteroatoms. The van der Waals surface area contributed by atoms with E-state index in [4.69, 9.17) is 4.74 Å². The normalized spacial score (nSPS) is 22.6. The van der Waals surface area contributed by atoms with Crippen LogP contribution < -0.4 is 5.32 Å². The average molecular weight is 585 g/mol. The maximum Gasteiger partial charge on any atom is 0.248 e. The van der Waals surface area contributed by atoms with Crippen LogP contribution in [0.1, 0.15) is 63.3 Å². The summed E-state index contributed by atoms with van der Waals surface area (Å²) in [6, 6.07) is 4.46. The summed E-state index contributed by atoms with van der Waals surface area (Å²) in [6.07, 6.45) is 3.41. The Morgan fingerprint density at radius 3 is 2.57 bits per heavy atom. The summed E-state index contributed by atoms with van der Waals surface area (Å²) in [5, 5.41) is 22.0. The van der Waals surface area contributed by atoms with Gasteiger partial charge in [-0.3, -0.25) is 14.4 Å². The van der Waals surface area contributed by atoms with Crippen LogP contribution in [-0.2, 0) is 25.5 Å². The van der Waals surface area contributed by atoms with Crippen LogP contribution in [0.25, 0.3) is 0 Å². The van der Waals surface area contributed by atoms with Gasteiger partial charge in [-0.2, -0.15) is 0 Å². The average Bonchev–Trinajstić information content (AvgIpc) is 3.56. The Morgan fingerprint density at radius 1 is 1.17 bits per heavy atom. The number of aliphatic hydroxyl groups is 1. The maximum atomic E-state index is 14.0. The van der Waals surface area contributed by atoms with Crippen molar-refractivity contribution in [2.24, 2.45) is 11.3 Å². The van der Waals surface area contributed by atoms with Gasteiger partial charge in [-0.25, -0.2) is 9.07 Å². The van der Waals surface area contributed by atoms with Crippen LogP contribution in [-0.4, -0.2) is 99.2 Å². The molecule has 2 saturated heterocycles. The number of aliphatic hydroxyl groups excluding tert-OH is 1. The lowest BCUT2D eigenvalue weighted by Crippen LogP contribution is -2.52. The van der Waals surface area contributed by atoms with Gasteiger partial charge in [0.2, 0.25) is 17.7 Å². The number of β-amino-alcohol motifs (C(OH)–C–C–N with tert-alkyl or cyclic N) is 1. The summed E-state index contributed by atoms with van der Waals surface area (Å²) in [5.41, 5.74) is 0.971. The lowest BCUT2D eigenvalue weighted by Gasteiger charge is -2.35. The van der Waals surface area contributed by atoms with Crippen LogP contribution in [0.4, 0.5) is 4.39 Å². The second kappa shape index (κ2) is 12.5. The summed E-state index contributed by atoms with van der Waals surface area (Å²) in [7, 11) is 0. The molecular weight excluding hydrogens is 543 g/mol. The first-order chi connectivity index (χ1) is 20.0. The van der Waals surface area contributed by atoms with E-state index in [1.165, 1.54) is 17.0 Å². The number of hydrogen-bond donors (Lipinski definition) is 2. The first-order valence-corrected chi connectivity index (χ1v) is 14.8. The zero-order chi connectivity index (χ0) is 30.0. The van der Waals surface area contributed by atoms with Crippen LogP contribution in [0.15, 0.2) is 30.5 Å². The van der Waals surface area contributed by atoms with Gasteiger partial charge in [0.25, 0.3) is 0 Å². The number of morpholine rings is 1. The second-order valence-electron chi connectivity index (χ2n) is 12.8. The van der Waals surface area contributed by atoms with E-state index in [9.17, 15) is 23.9 Å². The molecular formula is C30H41FN6O5. The van der Waals surface area contributed by atoms with Gasteiger partial charge in [0.1, 0.15) is 17.9 Å².